The summed E-state index contributed by atoms with van der Waals surface area (Å²) in [5.41, 5.74) is 6.94. The summed E-state index contributed by atoms with van der Waals surface area (Å²) in [5, 5.41) is 0. The van der Waals surface area contributed by atoms with Gasteiger partial charge in [-0.3, -0.25) is 0 Å². The summed E-state index contributed by atoms with van der Waals surface area (Å²) in [4.78, 5) is 0. The molecule has 4 nitrogen and oxygen atoms in total. The van der Waals surface area contributed by atoms with Crippen molar-refractivity contribution in [1.29, 1.82) is 0 Å². The van der Waals surface area contributed by atoms with Gasteiger partial charge >= 0.3 is 0 Å². The predicted molar refractivity (Wildman–Crippen MR) is 65.5 cm³/mol. The molecule has 1 fully saturated rings. The highest BCUT2D eigenvalue weighted by Gasteiger charge is 2.33. The lowest BCUT2D eigenvalue weighted by Crippen LogP contribution is -2.44. The highest BCUT2D eigenvalue weighted by atomic mass is 16.5. The predicted octanol–water partition coefficient (Wildman–Crippen LogP) is 1.67. The number of benzene rings is 1. The van der Waals surface area contributed by atoms with Gasteiger partial charge in [0.25, 0.3) is 0 Å². The highest BCUT2D eigenvalue weighted by Crippen LogP contribution is 2.36. The molecule has 2 rings (SSSR count). The summed E-state index contributed by atoms with van der Waals surface area (Å²) in [6, 6.07) is 5.73. The molecule has 1 saturated heterocycles. The van der Waals surface area contributed by atoms with Crippen molar-refractivity contribution >= 4 is 0 Å². The number of ether oxygens (including phenoxy) is 3. The Morgan fingerprint density at radius 2 is 2.12 bits per heavy atom. The molecule has 2 N–H and O–H groups in total. The van der Waals surface area contributed by atoms with E-state index in [1.54, 1.807) is 14.2 Å². The SMILES string of the molecule is COc1ccc(C2(N)CCCOC2)c(OC)c1. The van der Waals surface area contributed by atoms with Crippen LogP contribution in [-0.4, -0.2) is 27.4 Å². The highest BCUT2D eigenvalue weighted by molar-refractivity contribution is 5.44. The molecule has 0 amide bonds. The number of methoxy groups -OCH3 is 2. The summed E-state index contributed by atoms with van der Waals surface area (Å²) in [7, 11) is 3.28. The second-order valence-electron chi connectivity index (χ2n) is 4.38. The van der Waals surface area contributed by atoms with Gasteiger partial charge in [0, 0.05) is 18.2 Å². The topological polar surface area (TPSA) is 53.7 Å². The maximum absolute atomic E-state index is 6.40. The lowest BCUT2D eigenvalue weighted by Gasteiger charge is -2.34. The molecule has 0 saturated carbocycles. The van der Waals surface area contributed by atoms with Crippen LogP contribution in [0.1, 0.15) is 18.4 Å². The van der Waals surface area contributed by atoms with Crippen LogP contribution in [-0.2, 0) is 10.3 Å². The van der Waals surface area contributed by atoms with Gasteiger partial charge < -0.3 is 19.9 Å². The van der Waals surface area contributed by atoms with Crippen molar-refractivity contribution in [3.05, 3.63) is 23.8 Å². The molecule has 1 aliphatic heterocycles. The minimum Gasteiger partial charge on any atom is -0.497 e. The second-order valence-corrected chi connectivity index (χ2v) is 4.38. The summed E-state index contributed by atoms with van der Waals surface area (Å²) in [6.45, 7) is 1.33. The average Bonchev–Trinajstić information content (AvgIpc) is 2.38. The maximum atomic E-state index is 6.40. The molecule has 17 heavy (non-hydrogen) atoms. The average molecular weight is 237 g/mol. The molecule has 0 bridgehead atoms. The normalized spacial score (nSPS) is 24.4. The molecule has 0 aromatic heterocycles. The Labute approximate surface area is 102 Å². The zero-order valence-electron chi connectivity index (χ0n) is 10.4. The van der Waals surface area contributed by atoms with E-state index in [0.29, 0.717) is 6.61 Å². The Morgan fingerprint density at radius 3 is 2.71 bits per heavy atom. The third kappa shape index (κ3) is 2.37. The molecule has 1 aromatic rings. The van der Waals surface area contributed by atoms with Crippen LogP contribution in [0.15, 0.2) is 18.2 Å². The molecule has 4 heteroatoms. The Balaban J connectivity index is 2.36. The number of rotatable bonds is 3. The number of nitrogens with two attached hydrogens (primary N) is 1. The first-order valence-electron chi connectivity index (χ1n) is 5.79. The quantitative estimate of drug-likeness (QED) is 0.868. The molecule has 94 valence electrons. The molecule has 1 aromatic carbocycles. The Hall–Kier alpha value is -1.26. The molecule has 0 radical (unpaired) electrons. The van der Waals surface area contributed by atoms with E-state index >= 15 is 0 Å². The Bertz CT molecular complexity index is 386. The van der Waals surface area contributed by atoms with Crippen LogP contribution in [0.5, 0.6) is 11.5 Å². The fourth-order valence-corrected chi connectivity index (χ4v) is 2.24. The van der Waals surface area contributed by atoms with Crippen LogP contribution in [0.3, 0.4) is 0 Å². The number of hydrogen-bond acceptors (Lipinski definition) is 4. The zero-order valence-corrected chi connectivity index (χ0v) is 10.4. The van der Waals surface area contributed by atoms with Gasteiger partial charge in [0.05, 0.1) is 26.4 Å². The van der Waals surface area contributed by atoms with E-state index in [9.17, 15) is 0 Å². The fraction of sp³-hybridized carbons (Fsp3) is 0.538. The van der Waals surface area contributed by atoms with E-state index in [1.807, 2.05) is 18.2 Å². The van der Waals surface area contributed by atoms with Crippen LogP contribution >= 0.6 is 0 Å². The monoisotopic (exact) mass is 237 g/mol. The molecule has 1 aliphatic rings. The fourth-order valence-electron chi connectivity index (χ4n) is 2.24. The lowest BCUT2D eigenvalue weighted by molar-refractivity contribution is 0.0356. The van der Waals surface area contributed by atoms with Gasteiger partial charge in [0.1, 0.15) is 11.5 Å². The minimum atomic E-state index is -0.449. The van der Waals surface area contributed by atoms with Crippen LogP contribution in [0.4, 0.5) is 0 Å². The van der Waals surface area contributed by atoms with E-state index in [2.05, 4.69) is 0 Å². The second kappa shape index (κ2) is 4.94. The van der Waals surface area contributed by atoms with Crippen molar-refractivity contribution in [1.82, 2.24) is 0 Å². The van der Waals surface area contributed by atoms with Gasteiger partial charge in [-0.2, -0.15) is 0 Å². The standard InChI is InChI=1S/C13H19NO3/c1-15-10-4-5-11(12(8-10)16-2)13(14)6-3-7-17-9-13/h4-5,8H,3,6-7,9,14H2,1-2H3. The first-order valence-corrected chi connectivity index (χ1v) is 5.79. The molecular weight excluding hydrogens is 218 g/mol. The molecule has 1 heterocycles. The van der Waals surface area contributed by atoms with Crippen molar-refractivity contribution in [2.24, 2.45) is 5.73 Å². The first-order chi connectivity index (χ1) is 8.19. The molecule has 1 unspecified atom stereocenters. The van der Waals surface area contributed by atoms with Gasteiger partial charge in [0.15, 0.2) is 0 Å². The van der Waals surface area contributed by atoms with Crippen LogP contribution < -0.4 is 15.2 Å². The third-order valence-electron chi connectivity index (χ3n) is 3.22. The minimum absolute atomic E-state index is 0.449. The summed E-state index contributed by atoms with van der Waals surface area (Å²) in [6.07, 6.45) is 1.89. The van der Waals surface area contributed by atoms with Gasteiger partial charge in [-0.05, 0) is 25.0 Å². The van der Waals surface area contributed by atoms with Crippen molar-refractivity contribution in [3.63, 3.8) is 0 Å². The van der Waals surface area contributed by atoms with Crippen LogP contribution in [0.2, 0.25) is 0 Å². The van der Waals surface area contributed by atoms with E-state index in [4.69, 9.17) is 19.9 Å². The smallest absolute Gasteiger partial charge is 0.127 e. The molecule has 1 atom stereocenters. The Morgan fingerprint density at radius 1 is 1.29 bits per heavy atom. The summed E-state index contributed by atoms with van der Waals surface area (Å²) >= 11 is 0. The van der Waals surface area contributed by atoms with E-state index in [-0.39, 0.29) is 0 Å². The van der Waals surface area contributed by atoms with E-state index in [0.717, 1.165) is 36.5 Å². The van der Waals surface area contributed by atoms with Gasteiger partial charge in [-0.15, -0.1) is 0 Å². The zero-order chi connectivity index (χ0) is 12.3. The van der Waals surface area contributed by atoms with Crippen molar-refractivity contribution < 1.29 is 14.2 Å². The van der Waals surface area contributed by atoms with E-state index in [1.165, 1.54) is 0 Å². The van der Waals surface area contributed by atoms with Crippen molar-refractivity contribution in [2.45, 2.75) is 18.4 Å². The molecule has 0 aliphatic carbocycles. The number of hydrogen-bond donors (Lipinski definition) is 1. The maximum Gasteiger partial charge on any atom is 0.127 e. The van der Waals surface area contributed by atoms with Crippen LogP contribution in [0, 0.1) is 0 Å². The summed E-state index contributed by atoms with van der Waals surface area (Å²) in [5.74, 6) is 1.53. The first kappa shape index (κ1) is 12.2. The van der Waals surface area contributed by atoms with Gasteiger partial charge in [0.2, 0.25) is 0 Å². The van der Waals surface area contributed by atoms with Crippen molar-refractivity contribution in [2.75, 3.05) is 27.4 Å². The van der Waals surface area contributed by atoms with Crippen molar-refractivity contribution in [3.8, 4) is 11.5 Å². The van der Waals surface area contributed by atoms with Crippen LogP contribution in [0.25, 0.3) is 0 Å². The largest absolute Gasteiger partial charge is 0.497 e. The molecular formula is C13H19NO3. The van der Waals surface area contributed by atoms with Gasteiger partial charge in [-0.25, -0.2) is 0 Å². The third-order valence-corrected chi connectivity index (χ3v) is 3.22. The lowest BCUT2D eigenvalue weighted by atomic mass is 9.85. The Kier molecular flexibility index (Phi) is 3.54. The molecule has 0 spiro atoms. The van der Waals surface area contributed by atoms with E-state index < -0.39 is 5.54 Å². The van der Waals surface area contributed by atoms with Gasteiger partial charge in [-0.1, -0.05) is 0 Å². The summed E-state index contributed by atoms with van der Waals surface area (Å²) < 4.78 is 16.1.